The Balaban J connectivity index is 1.87. The lowest BCUT2D eigenvalue weighted by atomic mass is 10.2. The molecule has 0 saturated heterocycles. The number of fused-ring (bicyclic) bond motifs is 1. The summed E-state index contributed by atoms with van der Waals surface area (Å²) in [7, 11) is 0. The molecule has 3 rings (SSSR count). The quantitative estimate of drug-likeness (QED) is 0.783. The number of benzene rings is 1. The first-order valence-corrected chi connectivity index (χ1v) is 7.92. The second-order valence-electron chi connectivity index (χ2n) is 5.32. The first kappa shape index (κ1) is 15.3. The van der Waals surface area contributed by atoms with E-state index in [0.29, 0.717) is 5.69 Å². The van der Waals surface area contributed by atoms with Crippen molar-refractivity contribution in [2.75, 3.05) is 5.32 Å². The van der Waals surface area contributed by atoms with E-state index in [4.69, 9.17) is 4.52 Å². The van der Waals surface area contributed by atoms with Gasteiger partial charge in [0.1, 0.15) is 5.82 Å². The van der Waals surface area contributed by atoms with Crippen molar-refractivity contribution in [3.63, 3.8) is 0 Å². The van der Waals surface area contributed by atoms with E-state index >= 15 is 0 Å². The van der Waals surface area contributed by atoms with Gasteiger partial charge in [0, 0.05) is 24.7 Å². The van der Waals surface area contributed by atoms with Crippen LogP contribution in [0.1, 0.15) is 42.8 Å². The molecule has 0 aliphatic rings. The molecule has 1 amide bonds. The molecule has 0 aliphatic carbocycles. The Morgan fingerprint density at radius 2 is 2.04 bits per heavy atom. The maximum absolute atomic E-state index is 12.2. The number of aromatic nitrogens is 3. The molecule has 0 bridgehead atoms. The topological polar surface area (TPSA) is 73.0 Å². The van der Waals surface area contributed by atoms with Crippen LogP contribution in [0.3, 0.4) is 0 Å². The van der Waals surface area contributed by atoms with Gasteiger partial charge in [-0.05, 0) is 31.5 Å². The predicted molar refractivity (Wildman–Crippen MR) is 88.6 cm³/mol. The highest BCUT2D eigenvalue weighted by molar-refractivity contribution is 6.03. The van der Waals surface area contributed by atoms with Crippen LogP contribution in [0.5, 0.6) is 0 Å². The van der Waals surface area contributed by atoms with Crippen molar-refractivity contribution in [3.8, 4) is 0 Å². The molecule has 0 unspecified atom stereocenters. The number of nitrogens with one attached hydrogen (secondary N) is 1. The molecule has 6 heteroatoms. The van der Waals surface area contributed by atoms with Crippen molar-refractivity contribution in [3.05, 3.63) is 41.5 Å². The summed E-state index contributed by atoms with van der Waals surface area (Å²) in [5, 5.41) is 6.66. The van der Waals surface area contributed by atoms with Crippen LogP contribution in [0.25, 0.3) is 11.0 Å². The molecule has 2 heterocycles. The van der Waals surface area contributed by atoms with Gasteiger partial charge < -0.3 is 14.4 Å². The van der Waals surface area contributed by atoms with E-state index in [9.17, 15) is 4.79 Å². The van der Waals surface area contributed by atoms with Gasteiger partial charge >= 0.3 is 0 Å². The van der Waals surface area contributed by atoms with E-state index < -0.39 is 0 Å². The minimum atomic E-state index is -0.304. The fraction of sp³-hybridized carbons (Fsp3) is 0.353. The van der Waals surface area contributed by atoms with E-state index in [2.05, 4.69) is 33.9 Å². The lowest BCUT2D eigenvalue weighted by molar-refractivity contribution is 0.0988. The number of hydrogen-bond donors (Lipinski definition) is 1. The average molecular weight is 312 g/mol. The van der Waals surface area contributed by atoms with Crippen LogP contribution >= 0.6 is 0 Å². The number of rotatable bonds is 5. The summed E-state index contributed by atoms with van der Waals surface area (Å²) in [4.78, 5) is 16.8. The molecule has 0 fully saturated rings. The zero-order valence-electron chi connectivity index (χ0n) is 13.6. The first-order valence-electron chi connectivity index (χ1n) is 7.92. The Morgan fingerprint density at radius 1 is 1.22 bits per heavy atom. The van der Waals surface area contributed by atoms with Crippen LogP contribution < -0.4 is 5.32 Å². The van der Waals surface area contributed by atoms with Crippen LogP contribution in [-0.4, -0.2) is 20.6 Å². The number of amides is 1. The molecule has 1 N–H and O–H groups in total. The van der Waals surface area contributed by atoms with Gasteiger partial charge in [-0.25, -0.2) is 4.98 Å². The summed E-state index contributed by atoms with van der Waals surface area (Å²) in [6.07, 6.45) is 1.61. The second-order valence-corrected chi connectivity index (χ2v) is 5.32. The fourth-order valence-corrected chi connectivity index (χ4v) is 2.66. The molecule has 0 atom stereocenters. The van der Waals surface area contributed by atoms with Gasteiger partial charge in [0.2, 0.25) is 5.76 Å². The lowest BCUT2D eigenvalue weighted by Gasteiger charge is -2.05. The minimum absolute atomic E-state index is 0.218. The highest BCUT2D eigenvalue weighted by atomic mass is 16.5. The summed E-state index contributed by atoms with van der Waals surface area (Å²) in [5.41, 5.74) is 3.42. The maximum Gasteiger partial charge on any atom is 0.294 e. The molecular formula is C17H20N4O2. The van der Waals surface area contributed by atoms with Crippen LogP contribution in [0, 0.1) is 0 Å². The van der Waals surface area contributed by atoms with Crippen molar-refractivity contribution in [1.82, 2.24) is 14.7 Å². The number of imidazole rings is 1. The van der Waals surface area contributed by atoms with Crippen molar-refractivity contribution < 1.29 is 9.32 Å². The molecule has 3 aromatic rings. The summed E-state index contributed by atoms with van der Waals surface area (Å²) in [6.45, 7) is 7.03. The Labute approximate surface area is 134 Å². The molecule has 23 heavy (non-hydrogen) atoms. The minimum Gasteiger partial charge on any atom is -0.351 e. The summed E-state index contributed by atoms with van der Waals surface area (Å²) >= 11 is 0. The van der Waals surface area contributed by atoms with Crippen molar-refractivity contribution in [2.24, 2.45) is 0 Å². The molecule has 6 nitrogen and oxygen atoms in total. The molecule has 1 aromatic carbocycles. The van der Waals surface area contributed by atoms with Gasteiger partial charge in [-0.3, -0.25) is 4.79 Å². The molecule has 120 valence electrons. The smallest absolute Gasteiger partial charge is 0.294 e. The molecule has 0 saturated carbocycles. The van der Waals surface area contributed by atoms with E-state index in [-0.39, 0.29) is 11.7 Å². The van der Waals surface area contributed by atoms with E-state index in [0.717, 1.165) is 41.9 Å². The Hall–Kier alpha value is -2.63. The predicted octanol–water partition coefficient (Wildman–Crippen LogP) is 3.42. The highest BCUT2D eigenvalue weighted by Crippen LogP contribution is 2.21. The number of carbonyl (C=O) groups is 1. The zero-order chi connectivity index (χ0) is 16.4. The van der Waals surface area contributed by atoms with Crippen LogP contribution in [0.15, 0.2) is 28.8 Å². The second kappa shape index (κ2) is 6.24. The normalized spacial score (nSPS) is 11.1. The van der Waals surface area contributed by atoms with Crippen LogP contribution in [0.2, 0.25) is 0 Å². The maximum atomic E-state index is 12.2. The average Bonchev–Trinajstić information content (AvgIpc) is 3.18. The third-order valence-corrected chi connectivity index (χ3v) is 3.86. The first-order chi connectivity index (χ1) is 11.2. The number of anilines is 1. The summed E-state index contributed by atoms with van der Waals surface area (Å²) in [5.74, 6) is 0.964. The molecule has 0 aliphatic heterocycles. The van der Waals surface area contributed by atoms with Crippen molar-refractivity contribution in [2.45, 2.75) is 40.2 Å². The van der Waals surface area contributed by atoms with Gasteiger partial charge in [-0.15, -0.1) is 0 Å². The standard InChI is InChI=1S/C17H20N4O2/c1-4-11-10-15(23-20-11)17(22)18-12-7-8-14-13(9-12)19-16(5-2)21(14)6-3/h7-10H,4-6H2,1-3H3,(H,18,22). The molecular weight excluding hydrogens is 292 g/mol. The highest BCUT2D eigenvalue weighted by Gasteiger charge is 2.14. The Bertz CT molecular complexity index is 848. The van der Waals surface area contributed by atoms with Crippen LogP contribution in [-0.2, 0) is 19.4 Å². The van der Waals surface area contributed by atoms with Gasteiger partial charge in [-0.1, -0.05) is 19.0 Å². The third-order valence-electron chi connectivity index (χ3n) is 3.86. The number of aryl methyl sites for hydroxylation is 3. The van der Waals surface area contributed by atoms with E-state index in [1.54, 1.807) is 6.07 Å². The Kier molecular flexibility index (Phi) is 4.14. The number of hydrogen-bond acceptors (Lipinski definition) is 4. The zero-order valence-corrected chi connectivity index (χ0v) is 13.6. The molecule has 2 aromatic heterocycles. The van der Waals surface area contributed by atoms with E-state index in [1.807, 2.05) is 25.1 Å². The number of carbonyl (C=O) groups excluding carboxylic acids is 1. The van der Waals surface area contributed by atoms with Gasteiger partial charge in [0.15, 0.2) is 0 Å². The lowest BCUT2D eigenvalue weighted by Crippen LogP contribution is -2.10. The monoisotopic (exact) mass is 312 g/mol. The largest absolute Gasteiger partial charge is 0.351 e. The van der Waals surface area contributed by atoms with Crippen molar-refractivity contribution >= 4 is 22.6 Å². The van der Waals surface area contributed by atoms with Gasteiger partial charge in [0.05, 0.1) is 16.7 Å². The summed E-state index contributed by atoms with van der Waals surface area (Å²) < 4.78 is 7.24. The van der Waals surface area contributed by atoms with E-state index in [1.165, 1.54) is 0 Å². The molecule has 0 radical (unpaired) electrons. The SMILES string of the molecule is CCc1cc(C(=O)Nc2ccc3c(c2)nc(CC)n3CC)on1. The summed E-state index contributed by atoms with van der Waals surface area (Å²) in [6, 6.07) is 7.41. The Morgan fingerprint density at radius 3 is 2.70 bits per heavy atom. The van der Waals surface area contributed by atoms with Crippen LogP contribution in [0.4, 0.5) is 5.69 Å². The van der Waals surface area contributed by atoms with Gasteiger partial charge in [0.25, 0.3) is 5.91 Å². The van der Waals surface area contributed by atoms with Gasteiger partial charge in [-0.2, -0.15) is 0 Å². The third kappa shape index (κ3) is 2.84. The number of nitrogens with zero attached hydrogens (tertiary/aromatic N) is 3. The fourth-order valence-electron chi connectivity index (χ4n) is 2.66. The molecule has 0 spiro atoms. The van der Waals surface area contributed by atoms with Crippen molar-refractivity contribution in [1.29, 1.82) is 0 Å².